The topological polar surface area (TPSA) is 56.8 Å². The van der Waals surface area contributed by atoms with E-state index in [1.807, 2.05) is 0 Å². The monoisotopic (exact) mass is 296 g/mol. The van der Waals surface area contributed by atoms with Gasteiger partial charge in [-0.25, -0.2) is 9.78 Å². The molecule has 0 bridgehead atoms. The van der Waals surface area contributed by atoms with Crippen LogP contribution in [0.25, 0.3) is 0 Å². The van der Waals surface area contributed by atoms with Gasteiger partial charge in [0.15, 0.2) is 0 Å². The van der Waals surface area contributed by atoms with Crippen LogP contribution in [-0.2, 0) is 0 Å². The molecule has 2 rings (SSSR count). The molecule has 0 radical (unpaired) electrons. The molecule has 3 amide bonds. The van der Waals surface area contributed by atoms with Gasteiger partial charge in [-0.15, -0.1) is 0 Å². The Morgan fingerprint density at radius 1 is 1.15 bits per heavy atom. The Labute approximate surface area is 122 Å². The number of nitrogens with zero attached hydrogens (tertiary/aromatic N) is 4. The first-order valence-electron chi connectivity index (χ1n) is 6.37. The summed E-state index contributed by atoms with van der Waals surface area (Å²) in [6, 6.07) is 4.95. The maximum atomic E-state index is 12.3. The average Bonchev–Trinajstić information content (AvgIpc) is 2.46. The molecule has 0 aromatic carbocycles. The van der Waals surface area contributed by atoms with Crippen molar-refractivity contribution in [3.8, 4) is 0 Å². The maximum absolute atomic E-state index is 12.3. The summed E-state index contributed by atoms with van der Waals surface area (Å²) in [5.41, 5.74) is 0.338. The normalized spacial score (nSPS) is 15.2. The predicted molar refractivity (Wildman–Crippen MR) is 75.8 cm³/mol. The highest BCUT2D eigenvalue weighted by Crippen LogP contribution is 2.11. The lowest BCUT2D eigenvalue weighted by molar-refractivity contribution is 0.0644. The fraction of sp³-hybridized carbons (Fsp3) is 0.462. The fourth-order valence-electron chi connectivity index (χ4n) is 2.07. The summed E-state index contributed by atoms with van der Waals surface area (Å²) in [5.74, 6) is -0.149. The van der Waals surface area contributed by atoms with Crippen LogP contribution in [0.1, 0.15) is 10.5 Å². The van der Waals surface area contributed by atoms with Crippen LogP contribution in [0.15, 0.2) is 18.2 Å². The van der Waals surface area contributed by atoms with Crippen molar-refractivity contribution in [3.63, 3.8) is 0 Å². The minimum Gasteiger partial charge on any atom is -0.334 e. The Balaban J connectivity index is 1.97. The third-order valence-electron chi connectivity index (χ3n) is 3.15. The van der Waals surface area contributed by atoms with Gasteiger partial charge in [-0.05, 0) is 12.1 Å². The molecule has 2 heterocycles. The predicted octanol–water partition coefficient (Wildman–Crippen LogP) is 1.17. The minimum absolute atomic E-state index is 0.0296. The molecule has 0 N–H and O–H groups in total. The van der Waals surface area contributed by atoms with Gasteiger partial charge < -0.3 is 14.7 Å². The molecule has 1 aromatic rings. The minimum atomic E-state index is -0.149. The quantitative estimate of drug-likeness (QED) is 0.731. The van der Waals surface area contributed by atoms with E-state index in [1.165, 1.54) is 4.90 Å². The number of rotatable bonds is 1. The van der Waals surface area contributed by atoms with Crippen molar-refractivity contribution in [1.29, 1.82) is 0 Å². The van der Waals surface area contributed by atoms with Crippen molar-refractivity contribution in [1.82, 2.24) is 19.7 Å². The first-order chi connectivity index (χ1) is 9.49. The molecular weight excluding hydrogens is 280 g/mol. The second-order valence-electron chi connectivity index (χ2n) is 4.80. The summed E-state index contributed by atoms with van der Waals surface area (Å²) in [5, 5.41) is 0.303. The van der Waals surface area contributed by atoms with Crippen LogP contribution in [-0.4, -0.2) is 71.9 Å². The summed E-state index contributed by atoms with van der Waals surface area (Å²) in [7, 11) is 3.44. The van der Waals surface area contributed by atoms with Crippen LogP contribution < -0.4 is 0 Å². The van der Waals surface area contributed by atoms with Gasteiger partial charge in [0, 0.05) is 40.3 Å². The van der Waals surface area contributed by atoms with E-state index in [0.717, 1.165) is 0 Å². The van der Waals surface area contributed by atoms with Gasteiger partial charge in [0.05, 0.1) is 0 Å². The molecule has 1 saturated heterocycles. The molecule has 0 atom stereocenters. The van der Waals surface area contributed by atoms with Gasteiger partial charge in [0.2, 0.25) is 0 Å². The zero-order valence-electron chi connectivity index (χ0n) is 11.5. The lowest BCUT2D eigenvalue weighted by Gasteiger charge is -2.35. The number of halogens is 1. The van der Waals surface area contributed by atoms with E-state index in [1.54, 1.807) is 42.1 Å². The summed E-state index contributed by atoms with van der Waals surface area (Å²) in [4.78, 5) is 33.0. The molecule has 1 aliphatic rings. The number of urea groups is 1. The average molecular weight is 297 g/mol. The van der Waals surface area contributed by atoms with Crippen molar-refractivity contribution < 1.29 is 9.59 Å². The van der Waals surface area contributed by atoms with E-state index in [9.17, 15) is 9.59 Å². The van der Waals surface area contributed by atoms with E-state index in [2.05, 4.69) is 4.98 Å². The van der Waals surface area contributed by atoms with Crippen molar-refractivity contribution in [3.05, 3.63) is 29.0 Å². The smallest absolute Gasteiger partial charge is 0.319 e. The molecule has 1 aliphatic heterocycles. The molecule has 1 aromatic heterocycles. The first-order valence-corrected chi connectivity index (χ1v) is 6.75. The number of carbonyl (C=O) groups excluding carboxylic acids is 2. The largest absolute Gasteiger partial charge is 0.334 e. The van der Waals surface area contributed by atoms with Crippen LogP contribution in [0.2, 0.25) is 5.15 Å². The van der Waals surface area contributed by atoms with Crippen molar-refractivity contribution in [2.75, 3.05) is 40.3 Å². The second kappa shape index (κ2) is 6.09. The van der Waals surface area contributed by atoms with E-state index in [0.29, 0.717) is 37.0 Å². The molecule has 0 spiro atoms. The lowest BCUT2D eigenvalue weighted by Crippen LogP contribution is -2.53. The fourth-order valence-corrected chi connectivity index (χ4v) is 2.24. The molecular formula is C13H17ClN4O2. The molecule has 108 valence electrons. The number of hydrogen-bond acceptors (Lipinski definition) is 3. The molecule has 0 saturated carbocycles. The van der Waals surface area contributed by atoms with Gasteiger partial charge in [-0.1, -0.05) is 17.7 Å². The number of pyridine rings is 1. The second-order valence-corrected chi connectivity index (χ2v) is 5.19. The molecule has 20 heavy (non-hydrogen) atoms. The Morgan fingerprint density at radius 3 is 2.30 bits per heavy atom. The maximum Gasteiger partial charge on any atom is 0.319 e. The van der Waals surface area contributed by atoms with Gasteiger partial charge in [0.25, 0.3) is 5.91 Å². The van der Waals surface area contributed by atoms with Gasteiger partial charge in [0.1, 0.15) is 10.8 Å². The van der Waals surface area contributed by atoms with E-state index >= 15 is 0 Å². The van der Waals surface area contributed by atoms with Crippen molar-refractivity contribution in [2.45, 2.75) is 0 Å². The highest BCUT2D eigenvalue weighted by atomic mass is 35.5. The number of aromatic nitrogens is 1. The Bertz CT molecular complexity index is 513. The Morgan fingerprint density at radius 2 is 1.75 bits per heavy atom. The summed E-state index contributed by atoms with van der Waals surface area (Å²) in [6.45, 7) is 2.08. The number of hydrogen-bond donors (Lipinski definition) is 0. The van der Waals surface area contributed by atoms with E-state index in [4.69, 9.17) is 11.6 Å². The zero-order chi connectivity index (χ0) is 14.7. The highest BCUT2D eigenvalue weighted by Gasteiger charge is 2.26. The van der Waals surface area contributed by atoms with Gasteiger partial charge in [-0.2, -0.15) is 0 Å². The molecule has 0 aliphatic carbocycles. The number of amides is 3. The molecule has 1 fully saturated rings. The lowest BCUT2D eigenvalue weighted by atomic mass is 10.2. The van der Waals surface area contributed by atoms with Crippen LogP contribution in [0, 0.1) is 0 Å². The zero-order valence-corrected chi connectivity index (χ0v) is 12.3. The Hall–Kier alpha value is -1.82. The van der Waals surface area contributed by atoms with Crippen molar-refractivity contribution >= 4 is 23.5 Å². The van der Waals surface area contributed by atoms with E-state index in [-0.39, 0.29) is 11.9 Å². The summed E-state index contributed by atoms with van der Waals surface area (Å²) >= 11 is 5.79. The van der Waals surface area contributed by atoms with Crippen molar-refractivity contribution in [2.24, 2.45) is 0 Å². The third kappa shape index (κ3) is 3.19. The molecule has 0 unspecified atom stereocenters. The molecule has 7 heteroatoms. The standard InChI is InChI=1S/C13H17ClN4O2/c1-16(2)13(20)18-8-6-17(7-9-18)12(19)10-4-3-5-11(14)15-10/h3-5H,6-9H2,1-2H3. The first kappa shape index (κ1) is 14.6. The van der Waals surface area contributed by atoms with Gasteiger partial charge >= 0.3 is 6.03 Å². The Kier molecular flexibility index (Phi) is 4.44. The highest BCUT2D eigenvalue weighted by molar-refractivity contribution is 6.29. The molecule has 6 nitrogen and oxygen atoms in total. The van der Waals surface area contributed by atoms with Crippen LogP contribution in [0.3, 0.4) is 0 Å². The summed E-state index contributed by atoms with van der Waals surface area (Å²) in [6.07, 6.45) is 0. The number of piperazine rings is 1. The van der Waals surface area contributed by atoms with Crippen LogP contribution >= 0.6 is 11.6 Å². The third-order valence-corrected chi connectivity index (χ3v) is 3.36. The van der Waals surface area contributed by atoms with Gasteiger partial charge in [-0.3, -0.25) is 4.79 Å². The van der Waals surface area contributed by atoms with Crippen LogP contribution in [0.4, 0.5) is 4.79 Å². The summed E-state index contributed by atoms with van der Waals surface area (Å²) < 4.78 is 0. The van der Waals surface area contributed by atoms with Crippen LogP contribution in [0.5, 0.6) is 0 Å². The van der Waals surface area contributed by atoms with E-state index < -0.39 is 0 Å². The SMILES string of the molecule is CN(C)C(=O)N1CCN(C(=O)c2cccc(Cl)n2)CC1. The number of carbonyl (C=O) groups is 2.